The first-order valence-electron chi connectivity index (χ1n) is 13.0. The van der Waals surface area contributed by atoms with Crippen LogP contribution in [0.2, 0.25) is 0 Å². The Hall–Kier alpha value is -3.48. The molecule has 11 nitrogen and oxygen atoms in total. The summed E-state index contributed by atoms with van der Waals surface area (Å²) >= 11 is 0. The van der Waals surface area contributed by atoms with Crippen molar-refractivity contribution in [1.82, 2.24) is 20.0 Å². The Balaban J connectivity index is 1.37. The van der Waals surface area contributed by atoms with E-state index >= 15 is 0 Å². The molecule has 2 amide bonds. The van der Waals surface area contributed by atoms with E-state index in [0.29, 0.717) is 51.7 Å². The topological polar surface area (TPSA) is 145 Å². The Morgan fingerprint density at radius 2 is 1.67 bits per heavy atom. The molecule has 4 rings (SSSR count). The largest absolute Gasteiger partial charge is 0.463 e. The van der Waals surface area contributed by atoms with Crippen LogP contribution in [0.4, 0.5) is 4.79 Å². The molecule has 0 unspecified atom stereocenters. The number of nitrogens with one attached hydrogen (secondary N) is 2. The monoisotopic (exact) mass is 558 g/mol. The minimum Gasteiger partial charge on any atom is -0.463 e. The Morgan fingerprint density at radius 1 is 1.00 bits per heavy atom. The lowest BCUT2D eigenvalue weighted by Gasteiger charge is -2.36. The van der Waals surface area contributed by atoms with Gasteiger partial charge in [0, 0.05) is 25.7 Å². The fraction of sp³-hybridized carbons (Fsp3) is 0.444. The third-order valence-electron chi connectivity index (χ3n) is 7.17. The van der Waals surface area contributed by atoms with Crippen LogP contribution in [0, 0.1) is 6.92 Å². The molecule has 2 saturated heterocycles. The van der Waals surface area contributed by atoms with Gasteiger partial charge in [-0.05, 0) is 56.7 Å². The highest BCUT2D eigenvalue weighted by atomic mass is 32.2. The van der Waals surface area contributed by atoms with Crippen LogP contribution in [0.5, 0.6) is 0 Å². The van der Waals surface area contributed by atoms with Crippen LogP contribution < -0.4 is 10.8 Å². The minimum atomic E-state index is -3.79. The van der Waals surface area contributed by atoms with E-state index < -0.39 is 34.2 Å². The molecule has 3 N–H and O–H groups in total. The van der Waals surface area contributed by atoms with E-state index in [9.17, 15) is 22.8 Å². The highest BCUT2D eigenvalue weighted by Gasteiger charge is 2.42. The predicted molar refractivity (Wildman–Crippen MR) is 142 cm³/mol. The van der Waals surface area contributed by atoms with Crippen molar-refractivity contribution in [3.63, 3.8) is 0 Å². The van der Waals surface area contributed by atoms with Crippen LogP contribution in [0.15, 0.2) is 59.5 Å². The van der Waals surface area contributed by atoms with Crippen molar-refractivity contribution in [2.75, 3.05) is 19.6 Å². The molecule has 2 aromatic carbocycles. The second-order valence-electron chi connectivity index (χ2n) is 9.92. The van der Waals surface area contributed by atoms with Crippen molar-refractivity contribution in [3.05, 3.63) is 65.7 Å². The maximum atomic E-state index is 13.4. The average molecular weight is 559 g/mol. The van der Waals surface area contributed by atoms with Crippen molar-refractivity contribution in [1.29, 1.82) is 0 Å². The van der Waals surface area contributed by atoms with Crippen LogP contribution in [0.3, 0.4) is 0 Å². The Morgan fingerprint density at radius 3 is 2.31 bits per heavy atom. The molecule has 39 heavy (non-hydrogen) atoms. The summed E-state index contributed by atoms with van der Waals surface area (Å²) in [5, 5.41) is 12.0. The SMILES string of the molecule is Cc1ccc(S(=O)(=O)N2CCC[C@H]2C(=O)N2CCC(N[C@@H](Cc3ccccc3)C(=O)ONC(=O)O)CC2)cc1. The molecule has 2 aliphatic rings. The van der Waals surface area contributed by atoms with Gasteiger partial charge in [-0.2, -0.15) is 4.31 Å². The molecule has 2 aromatic rings. The van der Waals surface area contributed by atoms with Gasteiger partial charge >= 0.3 is 12.1 Å². The van der Waals surface area contributed by atoms with Crippen LogP contribution in [-0.2, 0) is 30.9 Å². The number of carbonyl (C=O) groups is 3. The lowest BCUT2D eigenvalue weighted by atomic mass is 10.00. The number of rotatable bonds is 8. The minimum absolute atomic E-state index is 0.115. The number of sulfonamides is 1. The predicted octanol–water partition coefficient (Wildman–Crippen LogP) is 2.07. The number of aryl methyl sites for hydroxylation is 1. The molecule has 0 bridgehead atoms. The molecule has 0 saturated carbocycles. The molecule has 2 fully saturated rings. The lowest BCUT2D eigenvalue weighted by molar-refractivity contribution is -0.152. The van der Waals surface area contributed by atoms with Gasteiger partial charge in [-0.1, -0.05) is 48.0 Å². The zero-order valence-corrected chi connectivity index (χ0v) is 22.6. The first kappa shape index (κ1) is 28.5. The fourth-order valence-corrected chi connectivity index (χ4v) is 6.76. The molecule has 210 valence electrons. The Kier molecular flexibility index (Phi) is 9.20. The van der Waals surface area contributed by atoms with Gasteiger partial charge in [0.15, 0.2) is 0 Å². The molecule has 0 radical (unpaired) electrons. The van der Waals surface area contributed by atoms with Gasteiger partial charge in [0.2, 0.25) is 15.9 Å². The first-order chi connectivity index (χ1) is 18.6. The summed E-state index contributed by atoms with van der Waals surface area (Å²) in [4.78, 5) is 43.4. The second-order valence-corrected chi connectivity index (χ2v) is 11.8. The first-order valence-corrected chi connectivity index (χ1v) is 14.5. The van der Waals surface area contributed by atoms with Gasteiger partial charge in [-0.3, -0.25) is 4.79 Å². The third-order valence-corrected chi connectivity index (χ3v) is 9.09. The third kappa shape index (κ3) is 7.14. The van der Waals surface area contributed by atoms with E-state index in [4.69, 9.17) is 9.94 Å². The summed E-state index contributed by atoms with van der Waals surface area (Å²) in [7, 11) is -3.79. The molecule has 2 atom stereocenters. The summed E-state index contributed by atoms with van der Waals surface area (Å²) in [5.74, 6) is -0.949. The number of carboxylic acid groups (broad SMARTS) is 1. The van der Waals surface area contributed by atoms with E-state index in [1.165, 1.54) is 4.31 Å². The quantitative estimate of drug-likeness (QED) is 0.418. The summed E-state index contributed by atoms with van der Waals surface area (Å²) in [6.07, 6.45) is 1.02. The van der Waals surface area contributed by atoms with Crippen LogP contribution in [0.25, 0.3) is 0 Å². The number of amides is 2. The average Bonchev–Trinajstić information content (AvgIpc) is 3.43. The number of benzene rings is 2. The second kappa shape index (κ2) is 12.6. The molecule has 2 aliphatic heterocycles. The van der Waals surface area contributed by atoms with E-state index in [-0.39, 0.29) is 16.8 Å². The van der Waals surface area contributed by atoms with E-state index in [1.54, 1.807) is 34.6 Å². The standard InChI is InChI=1S/C27H34N4O7S/c1-19-9-11-22(12-10-19)39(36,37)31-15-5-8-24(31)25(32)30-16-13-21(14-17-30)28-23(26(33)38-29-27(34)35)18-20-6-3-2-4-7-20/h2-4,6-7,9-12,21,23-24,28-29H,5,8,13-18H2,1H3,(H,34,35)/t23-,24-/m0/s1. The molecule has 0 aliphatic carbocycles. The highest BCUT2D eigenvalue weighted by molar-refractivity contribution is 7.89. The van der Waals surface area contributed by atoms with E-state index in [1.807, 2.05) is 37.3 Å². The maximum Gasteiger partial charge on any atom is 0.438 e. The summed E-state index contributed by atoms with van der Waals surface area (Å²) in [6, 6.07) is 14.3. The number of hydrogen-bond acceptors (Lipinski definition) is 7. The molecular formula is C27H34N4O7S. The number of nitrogens with zero attached hydrogens (tertiary/aromatic N) is 2. The van der Waals surface area contributed by atoms with Gasteiger partial charge in [-0.15, -0.1) is 5.48 Å². The Bertz CT molecular complexity index is 1260. The van der Waals surface area contributed by atoms with Crippen LogP contribution in [0.1, 0.15) is 36.8 Å². The molecule has 0 spiro atoms. The normalized spacial score (nSPS) is 19.4. The van der Waals surface area contributed by atoms with Crippen molar-refractivity contribution >= 4 is 28.0 Å². The summed E-state index contributed by atoms with van der Waals surface area (Å²) < 4.78 is 27.9. The molecule has 0 aromatic heterocycles. The molecule has 12 heteroatoms. The van der Waals surface area contributed by atoms with Gasteiger partial charge in [0.1, 0.15) is 12.1 Å². The van der Waals surface area contributed by atoms with Crippen LogP contribution >= 0.6 is 0 Å². The zero-order valence-electron chi connectivity index (χ0n) is 21.8. The van der Waals surface area contributed by atoms with Gasteiger partial charge in [0.05, 0.1) is 4.90 Å². The number of hydroxylamine groups is 1. The number of carbonyl (C=O) groups excluding carboxylic acids is 2. The van der Waals surface area contributed by atoms with Crippen molar-refractivity contribution < 1.29 is 32.7 Å². The van der Waals surface area contributed by atoms with Gasteiger partial charge in [-0.25, -0.2) is 18.0 Å². The zero-order chi connectivity index (χ0) is 28.0. The van der Waals surface area contributed by atoms with Crippen molar-refractivity contribution in [2.45, 2.75) is 62.0 Å². The fourth-order valence-electron chi connectivity index (χ4n) is 5.11. The number of piperidine rings is 1. The van der Waals surface area contributed by atoms with Crippen molar-refractivity contribution in [2.24, 2.45) is 0 Å². The number of hydrogen-bond donors (Lipinski definition) is 3. The Labute approximate surface area is 228 Å². The lowest BCUT2D eigenvalue weighted by Crippen LogP contribution is -2.54. The van der Waals surface area contributed by atoms with E-state index in [2.05, 4.69) is 5.32 Å². The maximum absolute atomic E-state index is 13.4. The molecule has 2 heterocycles. The summed E-state index contributed by atoms with van der Waals surface area (Å²) in [5.41, 5.74) is 3.49. The highest BCUT2D eigenvalue weighted by Crippen LogP contribution is 2.28. The van der Waals surface area contributed by atoms with Crippen LogP contribution in [-0.4, -0.2) is 78.5 Å². The van der Waals surface area contributed by atoms with E-state index in [0.717, 1.165) is 11.1 Å². The number of likely N-dealkylation sites (tertiary alicyclic amines) is 1. The summed E-state index contributed by atoms with van der Waals surface area (Å²) in [6.45, 7) is 3.01. The van der Waals surface area contributed by atoms with Gasteiger partial charge < -0.3 is 20.2 Å². The van der Waals surface area contributed by atoms with Gasteiger partial charge in [0.25, 0.3) is 0 Å². The van der Waals surface area contributed by atoms with Crippen molar-refractivity contribution in [3.8, 4) is 0 Å². The smallest absolute Gasteiger partial charge is 0.438 e. The molecular weight excluding hydrogens is 524 g/mol.